The molecule has 1 aromatic rings. The molecular formula is C12H21ClN4. The molecule has 1 heterocycles. The topological polar surface area (TPSA) is 49.8 Å². The molecule has 0 aliphatic rings. The molecule has 17 heavy (non-hydrogen) atoms. The zero-order valence-corrected chi connectivity index (χ0v) is 11.3. The summed E-state index contributed by atoms with van der Waals surface area (Å²) >= 11 is 6.03. The van der Waals surface area contributed by atoms with Crippen LogP contribution in [-0.2, 0) is 0 Å². The van der Waals surface area contributed by atoms with Crippen LogP contribution in [0.15, 0.2) is 6.20 Å². The maximum absolute atomic E-state index is 6.03. The standard InChI is InChI=1S/C12H21ClN4/c1-3-5-6-8-14-11-10(13)9-16-12(17-11)15-7-4-2/h9H,3-8H2,1-2H3,(H2,14,15,16,17). The van der Waals surface area contributed by atoms with Gasteiger partial charge in [-0.15, -0.1) is 0 Å². The number of halogens is 1. The fourth-order valence-electron chi connectivity index (χ4n) is 1.39. The lowest BCUT2D eigenvalue weighted by Crippen LogP contribution is -2.08. The van der Waals surface area contributed by atoms with Crippen LogP contribution < -0.4 is 10.6 Å². The summed E-state index contributed by atoms with van der Waals surface area (Å²) in [6, 6.07) is 0. The number of hydrogen-bond acceptors (Lipinski definition) is 4. The Labute approximate surface area is 108 Å². The summed E-state index contributed by atoms with van der Waals surface area (Å²) in [5.74, 6) is 1.35. The van der Waals surface area contributed by atoms with Crippen molar-refractivity contribution < 1.29 is 0 Å². The Kier molecular flexibility index (Phi) is 6.70. The van der Waals surface area contributed by atoms with Crippen LogP contribution in [0.3, 0.4) is 0 Å². The number of aromatic nitrogens is 2. The Morgan fingerprint density at radius 3 is 2.65 bits per heavy atom. The van der Waals surface area contributed by atoms with E-state index in [0.717, 1.165) is 31.7 Å². The quantitative estimate of drug-likeness (QED) is 0.699. The summed E-state index contributed by atoms with van der Waals surface area (Å²) in [4.78, 5) is 8.47. The first-order chi connectivity index (χ1) is 8.27. The van der Waals surface area contributed by atoms with Gasteiger partial charge in [0.15, 0.2) is 0 Å². The highest BCUT2D eigenvalue weighted by Gasteiger charge is 2.04. The van der Waals surface area contributed by atoms with Crippen LogP contribution in [0.25, 0.3) is 0 Å². The van der Waals surface area contributed by atoms with Crippen molar-refractivity contribution in [3.63, 3.8) is 0 Å². The fraction of sp³-hybridized carbons (Fsp3) is 0.667. The Hall–Kier alpha value is -1.03. The molecule has 0 unspecified atom stereocenters. The molecule has 0 radical (unpaired) electrons. The Morgan fingerprint density at radius 2 is 1.94 bits per heavy atom. The summed E-state index contributed by atoms with van der Waals surface area (Å²) < 4.78 is 0. The molecule has 5 heteroatoms. The monoisotopic (exact) mass is 256 g/mol. The molecule has 0 spiro atoms. The summed E-state index contributed by atoms with van der Waals surface area (Å²) in [5.41, 5.74) is 0. The molecule has 0 aromatic carbocycles. The molecule has 0 aliphatic carbocycles. The van der Waals surface area contributed by atoms with Crippen LogP contribution >= 0.6 is 11.6 Å². The van der Waals surface area contributed by atoms with E-state index in [-0.39, 0.29) is 0 Å². The van der Waals surface area contributed by atoms with Gasteiger partial charge in [-0.05, 0) is 12.8 Å². The number of nitrogens with one attached hydrogen (secondary N) is 2. The van der Waals surface area contributed by atoms with Crippen molar-refractivity contribution >= 4 is 23.4 Å². The molecule has 0 amide bonds. The Balaban J connectivity index is 2.50. The van der Waals surface area contributed by atoms with E-state index in [2.05, 4.69) is 34.4 Å². The maximum atomic E-state index is 6.03. The molecule has 0 fully saturated rings. The molecule has 96 valence electrons. The molecule has 0 bridgehead atoms. The highest BCUT2D eigenvalue weighted by molar-refractivity contribution is 6.32. The second-order valence-electron chi connectivity index (χ2n) is 3.95. The maximum Gasteiger partial charge on any atom is 0.224 e. The predicted molar refractivity (Wildman–Crippen MR) is 73.8 cm³/mol. The third-order valence-corrected chi connectivity index (χ3v) is 2.63. The number of anilines is 2. The summed E-state index contributed by atoms with van der Waals surface area (Å²) in [6.07, 6.45) is 6.24. The minimum atomic E-state index is 0.573. The molecule has 1 aromatic heterocycles. The van der Waals surface area contributed by atoms with Gasteiger partial charge in [0.25, 0.3) is 0 Å². The SMILES string of the molecule is CCCCCNc1nc(NCCC)ncc1Cl. The first-order valence-electron chi connectivity index (χ1n) is 6.28. The normalized spacial score (nSPS) is 10.3. The van der Waals surface area contributed by atoms with Gasteiger partial charge in [0, 0.05) is 13.1 Å². The number of nitrogens with zero attached hydrogens (tertiary/aromatic N) is 2. The zero-order valence-electron chi connectivity index (χ0n) is 10.6. The second kappa shape index (κ2) is 8.12. The largest absolute Gasteiger partial charge is 0.369 e. The lowest BCUT2D eigenvalue weighted by Gasteiger charge is -2.09. The van der Waals surface area contributed by atoms with Crippen LogP contribution in [0, 0.1) is 0 Å². The summed E-state index contributed by atoms with van der Waals surface area (Å²) in [7, 11) is 0. The lowest BCUT2D eigenvalue weighted by atomic mass is 10.2. The van der Waals surface area contributed by atoms with Gasteiger partial charge in [-0.25, -0.2) is 4.98 Å². The van der Waals surface area contributed by atoms with Gasteiger partial charge in [-0.1, -0.05) is 38.3 Å². The van der Waals surface area contributed by atoms with E-state index in [4.69, 9.17) is 11.6 Å². The van der Waals surface area contributed by atoms with Crippen LogP contribution in [0.1, 0.15) is 39.5 Å². The van der Waals surface area contributed by atoms with Gasteiger partial charge >= 0.3 is 0 Å². The molecule has 4 nitrogen and oxygen atoms in total. The van der Waals surface area contributed by atoms with Crippen molar-refractivity contribution in [2.24, 2.45) is 0 Å². The number of rotatable bonds is 8. The molecule has 2 N–H and O–H groups in total. The Morgan fingerprint density at radius 1 is 1.12 bits per heavy atom. The van der Waals surface area contributed by atoms with E-state index >= 15 is 0 Å². The van der Waals surface area contributed by atoms with Gasteiger partial charge < -0.3 is 10.6 Å². The smallest absolute Gasteiger partial charge is 0.224 e. The zero-order chi connectivity index (χ0) is 12.5. The number of unbranched alkanes of at least 4 members (excludes halogenated alkanes) is 2. The molecule has 0 saturated heterocycles. The van der Waals surface area contributed by atoms with Crippen molar-refractivity contribution in [2.45, 2.75) is 39.5 Å². The van der Waals surface area contributed by atoms with Gasteiger partial charge in [0.1, 0.15) is 10.8 Å². The van der Waals surface area contributed by atoms with Crippen LogP contribution in [0.2, 0.25) is 5.02 Å². The van der Waals surface area contributed by atoms with E-state index in [1.807, 2.05) is 0 Å². The van der Waals surface area contributed by atoms with E-state index < -0.39 is 0 Å². The first kappa shape index (κ1) is 14.0. The average molecular weight is 257 g/mol. The van der Waals surface area contributed by atoms with Crippen molar-refractivity contribution in [1.29, 1.82) is 0 Å². The average Bonchev–Trinajstić information content (AvgIpc) is 2.35. The van der Waals surface area contributed by atoms with Crippen molar-refractivity contribution in [3.05, 3.63) is 11.2 Å². The molecular weight excluding hydrogens is 236 g/mol. The van der Waals surface area contributed by atoms with E-state index in [1.54, 1.807) is 6.20 Å². The van der Waals surface area contributed by atoms with E-state index in [0.29, 0.717) is 11.0 Å². The van der Waals surface area contributed by atoms with E-state index in [9.17, 15) is 0 Å². The van der Waals surface area contributed by atoms with Crippen molar-refractivity contribution in [1.82, 2.24) is 9.97 Å². The number of hydrogen-bond donors (Lipinski definition) is 2. The highest BCUT2D eigenvalue weighted by atomic mass is 35.5. The molecule has 0 saturated carbocycles. The Bertz CT molecular complexity index is 330. The summed E-state index contributed by atoms with van der Waals surface area (Å²) in [5, 5.41) is 6.96. The van der Waals surface area contributed by atoms with Crippen LogP contribution in [-0.4, -0.2) is 23.1 Å². The minimum absolute atomic E-state index is 0.573. The van der Waals surface area contributed by atoms with E-state index in [1.165, 1.54) is 12.8 Å². The van der Waals surface area contributed by atoms with Crippen LogP contribution in [0.5, 0.6) is 0 Å². The van der Waals surface area contributed by atoms with Crippen molar-refractivity contribution in [3.8, 4) is 0 Å². The van der Waals surface area contributed by atoms with Crippen molar-refractivity contribution in [2.75, 3.05) is 23.7 Å². The van der Waals surface area contributed by atoms with Crippen LogP contribution in [0.4, 0.5) is 11.8 Å². The molecule has 0 aliphatic heterocycles. The van der Waals surface area contributed by atoms with Gasteiger partial charge in [0.2, 0.25) is 5.95 Å². The predicted octanol–water partition coefficient (Wildman–Crippen LogP) is 3.55. The van der Waals surface area contributed by atoms with Gasteiger partial charge in [0.05, 0.1) is 6.20 Å². The minimum Gasteiger partial charge on any atom is -0.369 e. The second-order valence-corrected chi connectivity index (χ2v) is 4.36. The third kappa shape index (κ3) is 5.22. The third-order valence-electron chi connectivity index (χ3n) is 2.35. The van der Waals surface area contributed by atoms with Gasteiger partial charge in [-0.2, -0.15) is 4.98 Å². The fourth-order valence-corrected chi connectivity index (χ4v) is 1.55. The highest BCUT2D eigenvalue weighted by Crippen LogP contribution is 2.19. The summed E-state index contributed by atoms with van der Waals surface area (Å²) in [6.45, 7) is 6.06. The molecule has 1 rings (SSSR count). The van der Waals surface area contributed by atoms with Gasteiger partial charge in [-0.3, -0.25) is 0 Å². The first-order valence-corrected chi connectivity index (χ1v) is 6.66. The lowest BCUT2D eigenvalue weighted by molar-refractivity contribution is 0.742. The molecule has 0 atom stereocenters.